The van der Waals surface area contributed by atoms with Crippen LogP contribution in [-0.4, -0.2) is 23.2 Å². The molecular weight excluding hydrogens is 237 g/mol. The second-order valence-corrected chi connectivity index (χ2v) is 3.39. The minimum absolute atomic E-state index is 0.0825. The van der Waals surface area contributed by atoms with E-state index >= 15 is 0 Å². The Morgan fingerprint density at radius 2 is 2.00 bits per heavy atom. The van der Waals surface area contributed by atoms with E-state index < -0.39 is 11.7 Å². The van der Waals surface area contributed by atoms with Crippen molar-refractivity contribution < 1.29 is 13.9 Å². The van der Waals surface area contributed by atoms with Crippen LogP contribution in [0.15, 0.2) is 36.4 Å². The molecule has 0 bridgehead atoms. The summed E-state index contributed by atoms with van der Waals surface area (Å²) >= 11 is 0. The summed E-state index contributed by atoms with van der Waals surface area (Å²) in [6, 6.07) is 8.83. The molecule has 0 unspecified atom stereocenters. The number of carbonyl (C=O) groups excluding carboxylic acids is 1. The van der Waals surface area contributed by atoms with Crippen LogP contribution in [0.3, 0.4) is 0 Å². The molecule has 5 nitrogen and oxygen atoms in total. The molecule has 1 heterocycles. The summed E-state index contributed by atoms with van der Waals surface area (Å²) in [5, 5.41) is 9.73. The predicted octanol–water partition coefficient (Wildman–Crippen LogP) is 1.88. The summed E-state index contributed by atoms with van der Waals surface area (Å²) in [4.78, 5) is 11.7. The number of rotatable bonds is 3. The minimum Gasteiger partial charge on any atom is -0.480 e. The highest BCUT2D eigenvalue weighted by Crippen LogP contribution is 2.13. The third-order valence-electron chi connectivity index (χ3n) is 2.20. The molecule has 0 radical (unpaired) electrons. The van der Waals surface area contributed by atoms with Crippen LogP contribution in [0.5, 0.6) is 5.88 Å². The zero-order chi connectivity index (χ0) is 13.0. The highest BCUT2D eigenvalue weighted by atomic mass is 19.1. The van der Waals surface area contributed by atoms with Crippen LogP contribution < -0.4 is 10.1 Å². The summed E-state index contributed by atoms with van der Waals surface area (Å²) in [6.45, 7) is 0. The Morgan fingerprint density at radius 1 is 1.22 bits per heavy atom. The fourth-order valence-electron chi connectivity index (χ4n) is 1.30. The molecule has 1 N–H and O–H groups in total. The van der Waals surface area contributed by atoms with Crippen molar-refractivity contribution in [3.8, 4) is 5.88 Å². The van der Waals surface area contributed by atoms with Crippen molar-refractivity contribution in [2.24, 2.45) is 0 Å². The van der Waals surface area contributed by atoms with Crippen molar-refractivity contribution >= 4 is 11.6 Å². The third-order valence-corrected chi connectivity index (χ3v) is 2.20. The molecule has 0 fully saturated rings. The Balaban J connectivity index is 2.14. The smallest absolute Gasteiger partial charge is 0.276 e. The highest BCUT2D eigenvalue weighted by Gasteiger charge is 2.10. The maximum absolute atomic E-state index is 13.3. The molecule has 0 aliphatic heterocycles. The van der Waals surface area contributed by atoms with Gasteiger partial charge in [-0.05, 0) is 18.2 Å². The van der Waals surface area contributed by atoms with Crippen LogP contribution in [0.4, 0.5) is 10.1 Å². The van der Waals surface area contributed by atoms with Crippen molar-refractivity contribution in [1.82, 2.24) is 10.2 Å². The Kier molecular flexibility index (Phi) is 3.47. The molecule has 1 aromatic carbocycles. The normalized spacial score (nSPS) is 9.89. The lowest BCUT2D eigenvalue weighted by molar-refractivity contribution is 0.102. The van der Waals surface area contributed by atoms with Gasteiger partial charge in [0, 0.05) is 6.07 Å². The summed E-state index contributed by atoms with van der Waals surface area (Å²) in [7, 11) is 1.45. The molecule has 18 heavy (non-hydrogen) atoms. The maximum atomic E-state index is 13.3. The lowest BCUT2D eigenvalue weighted by atomic mass is 10.3. The van der Waals surface area contributed by atoms with Crippen LogP contribution in [0.2, 0.25) is 0 Å². The molecule has 6 heteroatoms. The molecular formula is C12H10FN3O2. The number of ether oxygens (including phenoxy) is 1. The van der Waals surface area contributed by atoms with Crippen molar-refractivity contribution in [2.75, 3.05) is 12.4 Å². The lowest BCUT2D eigenvalue weighted by Gasteiger charge is -2.05. The van der Waals surface area contributed by atoms with Crippen molar-refractivity contribution in [3.05, 3.63) is 47.9 Å². The van der Waals surface area contributed by atoms with Crippen LogP contribution in [-0.2, 0) is 0 Å². The molecule has 2 rings (SSSR count). The fourth-order valence-corrected chi connectivity index (χ4v) is 1.30. The monoisotopic (exact) mass is 247 g/mol. The maximum Gasteiger partial charge on any atom is 0.276 e. The summed E-state index contributed by atoms with van der Waals surface area (Å²) < 4.78 is 18.1. The van der Waals surface area contributed by atoms with E-state index in [4.69, 9.17) is 4.74 Å². The Labute approximate surface area is 103 Å². The molecule has 0 aliphatic carbocycles. The molecule has 2 aromatic rings. The number of carbonyl (C=O) groups is 1. The first kappa shape index (κ1) is 12.0. The SMILES string of the molecule is COc1ccc(C(=O)Nc2ccccc2F)nn1. The molecule has 0 aliphatic rings. The standard InChI is InChI=1S/C12H10FN3O2/c1-18-11-7-6-10(15-16-11)12(17)14-9-5-3-2-4-8(9)13/h2-7H,1H3,(H,14,17). The van der Waals surface area contributed by atoms with Gasteiger partial charge in [0.25, 0.3) is 5.91 Å². The second kappa shape index (κ2) is 5.22. The van der Waals surface area contributed by atoms with Gasteiger partial charge in [0.15, 0.2) is 5.69 Å². The van der Waals surface area contributed by atoms with Crippen molar-refractivity contribution in [2.45, 2.75) is 0 Å². The summed E-state index contributed by atoms with van der Waals surface area (Å²) in [5.41, 5.74) is 0.180. The lowest BCUT2D eigenvalue weighted by Crippen LogP contribution is -2.15. The Hall–Kier alpha value is -2.50. The average Bonchev–Trinajstić information content (AvgIpc) is 2.41. The number of methoxy groups -OCH3 is 1. The largest absolute Gasteiger partial charge is 0.480 e. The van der Waals surface area contributed by atoms with E-state index in [0.29, 0.717) is 5.88 Å². The predicted molar refractivity (Wildman–Crippen MR) is 62.9 cm³/mol. The van der Waals surface area contributed by atoms with Crippen LogP contribution in [0.25, 0.3) is 0 Å². The van der Waals surface area contributed by atoms with E-state index in [1.165, 1.54) is 37.4 Å². The van der Waals surface area contributed by atoms with E-state index in [0.717, 1.165) is 0 Å². The van der Waals surface area contributed by atoms with Crippen LogP contribution in [0, 0.1) is 5.82 Å². The van der Waals surface area contributed by atoms with Crippen molar-refractivity contribution in [1.29, 1.82) is 0 Å². The van der Waals surface area contributed by atoms with Gasteiger partial charge >= 0.3 is 0 Å². The number of para-hydroxylation sites is 1. The molecule has 1 amide bonds. The molecule has 0 atom stereocenters. The third kappa shape index (κ3) is 2.60. The molecule has 0 saturated heterocycles. The number of benzene rings is 1. The van der Waals surface area contributed by atoms with E-state index in [1.54, 1.807) is 6.07 Å². The number of nitrogens with one attached hydrogen (secondary N) is 1. The average molecular weight is 247 g/mol. The zero-order valence-corrected chi connectivity index (χ0v) is 9.55. The fraction of sp³-hybridized carbons (Fsp3) is 0.0833. The topological polar surface area (TPSA) is 64.1 Å². The van der Waals surface area contributed by atoms with E-state index in [2.05, 4.69) is 15.5 Å². The molecule has 0 spiro atoms. The van der Waals surface area contributed by atoms with Gasteiger partial charge in [-0.25, -0.2) is 4.39 Å². The number of hydrogen-bond acceptors (Lipinski definition) is 4. The van der Waals surface area contributed by atoms with Gasteiger partial charge in [0.2, 0.25) is 5.88 Å². The van der Waals surface area contributed by atoms with E-state index in [-0.39, 0.29) is 11.4 Å². The number of aromatic nitrogens is 2. The quantitative estimate of drug-likeness (QED) is 0.899. The minimum atomic E-state index is -0.532. The molecule has 92 valence electrons. The second-order valence-electron chi connectivity index (χ2n) is 3.39. The summed E-state index contributed by atoms with van der Waals surface area (Å²) in [6.07, 6.45) is 0. The number of hydrogen-bond donors (Lipinski definition) is 1. The van der Waals surface area contributed by atoms with Gasteiger partial charge < -0.3 is 10.1 Å². The first-order valence-electron chi connectivity index (χ1n) is 5.14. The number of anilines is 1. The van der Waals surface area contributed by atoms with Crippen molar-refractivity contribution in [3.63, 3.8) is 0 Å². The highest BCUT2D eigenvalue weighted by molar-refractivity contribution is 6.02. The number of amides is 1. The van der Waals surface area contributed by atoms with Gasteiger partial charge in [-0.3, -0.25) is 4.79 Å². The van der Waals surface area contributed by atoms with Gasteiger partial charge in [0.05, 0.1) is 12.8 Å². The van der Waals surface area contributed by atoms with Gasteiger partial charge in [-0.1, -0.05) is 12.1 Å². The summed E-state index contributed by atoms with van der Waals surface area (Å²) in [5.74, 6) is -0.736. The first-order valence-corrected chi connectivity index (χ1v) is 5.14. The zero-order valence-electron chi connectivity index (χ0n) is 9.55. The van der Waals surface area contributed by atoms with E-state index in [1.807, 2.05) is 0 Å². The van der Waals surface area contributed by atoms with Crippen LogP contribution in [0.1, 0.15) is 10.5 Å². The number of halogens is 1. The first-order chi connectivity index (χ1) is 8.70. The van der Waals surface area contributed by atoms with Gasteiger partial charge in [-0.2, -0.15) is 0 Å². The van der Waals surface area contributed by atoms with Gasteiger partial charge in [0.1, 0.15) is 5.82 Å². The van der Waals surface area contributed by atoms with Crippen LogP contribution >= 0.6 is 0 Å². The van der Waals surface area contributed by atoms with E-state index in [9.17, 15) is 9.18 Å². The molecule has 0 saturated carbocycles. The Morgan fingerprint density at radius 3 is 2.61 bits per heavy atom. The van der Waals surface area contributed by atoms with Gasteiger partial charge in [-0.15, -0.1) is 10.2 Å². The molecule has 1 aromatic heterocycles. The number of nitrogens with zero attached hydrogens (tertiary/aromatic N) is 2. The Bertz CT molecular complexity index is 558.